The number of nitrogens with zero attached hydrogens (tertiary/aromatic N) is 1. The zero-order valence-electron chi connectivity index (χ0n) is 19.0. The lowest BCUT2D eigenvalue weighted by Gasteiger charge is -2.28. The predicted molar refractivity (Wildman–Crippen MR) is 117 cm³/mol. The Hall–Kier alpha value is -1.84. The average molecular weight is 439 g/mol. The third kappa shape index (κ3) is 9.32. The standard InChI is InChI=1S/C22H34NO6P/c1-21(2,3)16-27-15-19(22(4,5)6)20(26-7)17-10-8-11-18(14-17)29-30(24,25)28-13-9-12-23/h8,10-11,14H,9,13,15-16H2,1-7H3,(H,24,25). The molecule has 168 valence electrons. The minimum Gasteiger partial charge on any atom is -0.496 e. The summed E-state index contributed by atoms with van der Waals surface area (Å²) in [5.74, 6) is 0.786. The van der Waals surface area contributed by atoms with Crippen LogP contribution in [0.5, 0.6) is 5.75 Å². The van der Waals surface area contributed by atoms with Crippen molar-refractivity contribution in [3.8, 4) is 11.8 Å². The van der Waals surface area contributed by atoms with Gasteiger partial charge in [0.25, 0.3) is 0 Å². The molecule has 0 aliphatic carbocycles. The Labute approximate surface area is 180 Å². The van der Waals surface area contributed by atoms with Gasteiger partial charge in [0.1, 0.15) is 11.5 Å². The van der Waals surface area contributed by atoms with Gasteiger partial charge in [-0.15, -0.1) is 0 Å². The number of phosphoric acid groups is 1. The molecule has 0 heterocycles. The Balaban J connectivity index is 3.18. The normalized spacial score (nSPS) is 15.0. The van der Waals surface area contributed by atoms with E-state index in [0.29, 0.717) is 24.5 Å². The van der Waals surface area contributed by atoms with Gasteiger partial charge in [0.15, 0.2) is 0 Å². The van der Waals surface area contributed by atoms with E-state index < -0.39 is 7.82 Å². The van der Waals surface area contributed by atoms with Crippen LogP contribution in [0, 0.1) is 22.2 Å². The van der Waals surface area contributed by atoms with E-state index >= 15 is 0 Å². The first-order valence-electron chi connectivity index (χ1n) is 9.79. The number of hydrogen-bond donors (Lipinski definition) is 1. The molecule has 1 N–H and O–H groups in total. The SMILES string of the molecule is COC(=C(COCC(C)(C)C)C(C)(C)C)c1cccc(OP(=O)(O)OCCC#N)c1. The minimum atomic E-state index is -4.33. The Morgan fingerprint density at radius 3 is 2.40 bits per heavy atom. The maximum absolute atomic E-state index is 12.1. The van der Waals surface area contributed by atoms with Crippen LogP contribution in [-0.2, 0) is 18.6 Å². The number of rotatable bonds is 10. The van der Waals surface area contributed by atoms with E-state index in [1.807, 2.05) is 12.1 Å². The van der Waals surface area contributed by atoms with Crippen molar-refractivity contribution in [2.75, 3.05) is 26.9 Å². The highest BCUT2D eigenvalue weighted by Gasteiger charge is 2.26. The van der Waals surface area contributed by atoms with E-state index in [2.05, 4.69) is 41.5 Å². The van der Waals surface area contributed by atoms with Crippen LogP contribution in [0.1, 0.15) is 53.5 Å². The summed E-state index contributed by atoms with van der Waals surface area (Å²) in [6.07, 6.45) is -0.00593. The summed E-state index contributed by atoms with van der Waals surface area (Å²) in [5.41, 5.74) is 1.46. The predicted octanol–water partition coefficient (Wildman–Crippen LogP) is 5.56. The van der Waals surface area contributed by atoms with Crippen molar-refractivity contribution < 1.29 is 28.0 Å². The lowest BCUT2D eigenvalue weighted by atomic mass is 9.84. The van der Waals surface area contributed by atoms with Crippen LogP contribution >= 0.6 is 7.82 Å². The molecule has 1 aromatic carbocycles. The quantitative estimate of drug-likeness (QED) is 0.289. The lowest BCUT2D eigenvalue weighted by Crippen LogP contribution is -2.21. The molecular formula is C22H34NO6P. The molecule has 7 nitrogen and oxygen atoms in total. The van der Waals surface area contributed by atoms with Crippen LogP contribution in [0.4, 0.5) is 0 Å². The highest BCUT2D eigenvalue weighted by Crippen LogP contribution is 2.44. The topological polar surface area (TPSA) is 98.0 Å². The van der Waals surface area contributed by atoms with Crippen LogP contribution in [0.15, 0.2) is 29.8 Å². The van der Waals surface area contributed by atoms with E-state index in [4.69, 9.17) is 23.8 Å². The van der Waals surface area contributed by atoms with E-state index in [9.17, 15) is 9.46 Å². The third-order valence-electron chi connectivity index (χ3n) is 3.95. The van der Waals surface area contributed by atoms with Crippen molar-refractivity contribution in [2.45, 2.75) is 48.0 Å². The molecule has 8 heteroatoms. The zero-order chi connectivity index (χ0) is 23.0. The van der Waals surface area contributed by atoms with Crippen LogP contribution in [0.2, 0.25) is 0 Å². The summed E-state index contributed by atoms with van der Waals surface area (Å²) in [7, 11) is -2.74. The molecule has 0 aliphatic heterocycles. The summed E-state index contributed by atoms with van der Waals surface area (Å²) < 4.78 is 33.7. The highest BCUT2D eigenvalue weighted by molar-refractivity contribution is 7.47. The molecule has 30 heavy (non-hydrogen) atoms. The molecule has 1 rings (SSSR count). The van der Waals surface area contributed by atoms with Gasteiger partial charge in [-0.25, -0.2) is 4.57 Å². The van der Waals surface area contributed by atoms with Crippen LogP contribution < -0.4 is 4.52 Å². The average Bonchev–Trinajstić information content (AvgIpc) is 2.59. The van der Waals surface area contributed by atoms with Crippen molar-refractivity contribution in [3.63, 3.8) is 0 Å². The van der Waals surface area contributed by atoms with E-state index in [0.717, 1.165) is 5.57 Å². The Morgan fingerprint density at radius 1 is 1.20 bits per heavy atom. The van der Waals surface area contributed by atoms with E-state index in [1.165, 1.54) is 0 Å². The first kappa shape index (κ1) is 26.2. The minimum absolute atomic E-state index is 0.00593. The Morgan fingerprint density at radius 2 is 1.87 bits per heavy atom. The van der Waals surface area contributed by atoms with Gasteiger partial charge in [0.05, 0.1) is 39.4 Å². The fourth-order valence-electron chi connectivity index (χ4n) is 2.56. The summed E-state index contributed by atoms with van der Waals surface area (Å²) in [5, 5.41) is 8.53. The van der Waals surface area contributed by atoms with Crippen LogP contribution in [0.3, 0.4) is 0 Å². The number of nitriles is 1. The summed E-state index contributed by atoms with van der Waals surface area (Å²) in [4.78, 5) is 9.85. The van der Waals surface area contributed by atoms with Gasteiger partial charge in [-0.2, -0.15) is 5.26 Å². The molecule has 0 spiro atoms. The molecule has 0 fully saturated rings. The van der Waals surface area contributed by atoms with E-state index in [1.54, 1.807) is 25.3 Å². The molecule has 0 bridgehead atoms. The van der Waals surface area contributed by atoms with E-state index in [-0.39, 0.29) is 29.6 Å². The second-order valence-corrected chi connectivity index (χ2v) is 10.5. The molecule has 0 radical (unpaired) electrons. The molecular weight excluding hydrogens is 405 g/mol. The van der Waals surface area contributed by atoms with Gasteiger partial charge in [0.2, 0.25) is 0 Å². The van der Waals surface area contributed by atoms with Crippen molar-refractivity contribution in [2.24, 2.45) is 10.8 Å². The van der Waals surface area contributed by atoms with Gasteiger partial charge in [-0.05, 0) is 23.0 Å². The number of ether oxygens (including phenoxy) is 2. The van der Waals surface area contributed by atoms with Gasteiger partial charge in [0, 0.05) is 11.1 Å². The second kappa shape index (κ2) is 11.0. The van der Waals surface area contributed by atoms with Gasteiger partial charge >= 0.3 is 7.82 Å². The number of hydrogen-bond acceptors (Lipinski definition) is 6. The summed E-state index contributed by atoms with van der Waals surface area (Å²) >= 11 is 0. The fourth-order valence-corrected chi connectivity index (χ4v) is 3.31. The maximum Gasteiger partial charge on any atom is 0.527 e. The molecule has 0 aliphatic rings. The fraction of sp³-hybridized carbons (Fsp3) is 0.591. The molecule has 0 aromatic heterocycles. The zero-order valence-corrected chi connectivity index (χ0v) is 19.9. The van der Waals surface area contributed by atoms with Crippen LogP contribution in [0.25, 0.3) is 5.76 Å². The van der Waals surface area contributed by atoms with Gasteiger partial charge in [-0.1, -0.05) is 53.7 Å². The first-order valence-corrected chi connectivity index (χ1v) is 11.3. The van der Waals surface area contributed by atoms with Crippen molar-refractivity contribution in [1.29, 1.82) is 5.26 Å². The maximum atomic E-state index is 12.1. The Kier molecular flexibility index (Phi) is 9.58. The van der Waals surface area contributed by atoms with Gasteiger partial charge < -0.3 is 14.0 Å². The second-order valence-electron chi connectivity index (χ2n) is 9.14. The smallest absolute Gasteiger partial charge is 0.496 e. The molecule has 1 aromatic rings. The molecule has 1 unspecified atom stereocenters. The number of phosphoric ester groups is 1. The summed E-state index contributed by atoms with van der Waals surface area (Å²) in [6, 6.07) is 8.55. The lowest BCUT2D eigenvalue weighted by molar-refractivity contribution is 0.0787. The molecule has 0 saturated heterocycles. The molecule has 0 amide bonds. The van der Waals surface area contributed by atoms with Gasteiger partial charge in [-0.3, -0.25) is 9.42 Å². The third-order valence-corrected chi connectivity index (χ3v) is 4.90. The largest absolute Gasteiger partial charge is 0.527 e. The highest BCUT2D eigenvalue weighted by atomic mass is 31.2. The molecule has 0 saturated carbocycles. The van der Waals surface area contributed by atoms with Crippen molar-refractivity contribution in [1.82, 2.24) is 0 Å². The van der Waals surface area contributed by atoms with Crippen LogP contribution in [-0.4, -0.2) is 31.8 Å². The monoisotopic (exact) mass is 439 g/mol. The molecule has 1 atom stereocenters. The number of methoxy groups -OCH3 is 1. The van der Waals surface area contributed by atoms with Crippen molar-refractivity contribution in [3.05, 3.63) is 35.4 Å². The van der Waals surface area contributed by atoms with Crippen molar-refractivity contribution >= 4 is 13.6 Å². The summed E-state index contributed by atoms with van der Waals surface area (Å²) in [6.45, 7) is 13.4. The first-order chi connectivity index (χ1) is 13.8. The number of benzene rings is 1. The Bertz CT molecular complexity index is 814.